The summed E-state index contributed by atoms with van der Waals surface area (Å²) in [7, 11) is 0. The van der Waals surface area contributed by atoms with E-state index >= 15 is 0 Å². The second-order valence-corrected chi connectivity index (χ2v) is 6.72. The van der Waals surface area contributed by atoms with E-state index < -0.39 is 28.7 Å². The van der Waals surface area contributed by atoms with Gasteiger partial charge in [-0.15, -0.1) is 0 Å². The molecule has 1 aromatic rings. The van der Waals surface area contributed by atoms with Crippen molar-refractivity contribution in [3.8, 4) is 0 Å². The molecule has 0 bridgehead atoms. The van der Waals surface area contributed by atoms with Crippen LogP contribution in [0.25, 0.3) is 0 Å². The number of ether oxygens (including phenoxy) is 1. The van der Waals surface area contributed by atoms with Gasteiger partial charge in [0.1, 0.15) is 17.2 Å². The molecular formula is C15H21ClF2N2O2. The number of carbonyl (C=O) groups is 1. The summed E-state index contributed by atoms with van der Waals surface area (Å²) in [6, 6.07) is 1.93. The second kappa shape index (κ2) is 6.79. The molecule has 1 atom stereocenters. The number of amides is 1. The Labute approximate surface area is 134 Å². The van der Waals surface area contributed by atoms with Crippen molar-refractivity contribution in [1.82, 2.24) is 5.32 Å². The Balaban J connectivity index is 2.99. The zero-order chi connectivity index (χ0) is 17.1. The van der Waals surface area contributed by atoms with Crippen molar-refractivity contribution in [3.63, 3.8) is 0 Å². The lowest BCUT2D eigenvalue weighted by molar-refractivity contribution is 0.0516. The molecule has 0 saturated heterocycles. The summed E-state index contributed by atoms with van der Waals surface area (Å²) in [6.07, 6.45) is -0.667. The van der Waals surface area contributed by atoms with Crippen molar-refractivity contribution in [2.75, 3.05) is 13.1 Å². The number of hydrogen-bond donors (Lipinski definition) is 2. The van der Waals surface area contributed by atoms with Crippen LogP contribution in [0.1, 0.15) is 33.3 Å². The lowest BCUT2D eigenvalue weighted by atomic mass is 9.82. The van der Waals surface area contributed by atoms with Crippen LogP contribution in [0, 0.1) is 11.6 Å². The fraction of sp³-hybridized carbons (Fsp3) is 0.533. The standard InChI is InChI=1S/C15H21ClF2N2O2/c1-14(2,3)22-13(21)20-8-15(4,7-19)11-9(17)5-6-10(18)12(11)16/h5-6H,7-8,19H2,1-4H3,(H,20,21). The first-order valence-corrected chi connectivity index (χ1v) is 7.19. The third-order valence-electron chi connectivity index (χ3n) is 3.12. The molecule has 1 amide bonds. The van der Waals surface area contributed by atoms with Gasteiger partial charge in [0.25, 0.3) is 0 Å². The van der Waals surface area contributed by atoms with Crippen molar-refractivity contribution >= 4 is 17.7 Å². The van der Waals surface area contributed by atoms with E-state index in [9.17, 15) is 13.6 Å². The van der Waals surface area contributed by atoms with E-state index in [1.54, 1.807) is 27.7 Å². The largest absolute Gasteiger partial charge is 0.444 e. The lowest BCUT2D eigenvalue weighted by Crippen LogP contribution is -2.46. The van der Waals surface area contributed by atoms with Crippen LogP contribution in [0.5, 0.6) is 0 Å². The van der Waals surface area contributed by atoms with E-state index in [1.165, 1.54) is 0 Å². The molecule has 124 valence electrons. The molecule has 0 heterocycles. The Morgan fingerprint density at radius 3 is 2.32 bits per heavy atom. The van der Waals surface area contributed by atoms with E-state index in [0.29, 0.717) is 0 Å². The summed E-state index contributed by atoms with van der Waals surface area (Å²) in [5, 5.41) is 2.18. The van der Waals surface area contributed by atoms with Crippen LogP contribution in [-0.2, 0) is 10.2 Å². The number of nitrogens with two attached hydrogens (primary N) is 1. The molecule has 22 heavy (non-hydrogen) atoms. The number of rotatable bonds is 4. The molecule has 0 spiro atoms. The Bertz CT molecular complexity index is 561. The van der Waals surface area contributed by atoms with Crippen LogP contribution in [0.3, 0.4) is 0 Å². The topological polar surface area (TPSA) is 64.3 Å². The highest BCUT2D eigenvalue weighted by Gasteiger charge is 2.33. The number of alkyl carbamates (subject to hydrolysis) is 1. The van der Waals surface area contributed by atoms with E-state index in [-0.39, 0.29) is 23.7 Å². The Morgan fingerprint density at radius 2 is 1.82 bits per heavy atom. The minimum Gasteiger partial charge on any atom is -0.444 e. The van der Waals surface area contributed by atoms with Gasteiger partial charge in [-0.3, -0.25) is 0 Å². The third kappa shape index (κ3) is 4.55. The number of halogens is 3. The second-order valence-electron chi connectivity index (χ2n) is 6.34. The average Bonchev–Trinajstić information content (AvgIpc) is 2.39. The fourth-order valence-electron chi connectivity index (χ4n) is 1.92. The first kappa shape index (κ1) is 18.6. The molecule has 7 heteroatoms. The molecule has 3 N–H and O–H groups in total. The molecule has 1 unspecified atom stereocenters. The van der Waals surface area contributed by atoms with Gasteiger partial charge >= 0.3 is 6.09 Å². The Kier molecular flexibility index (Phi) is 5.76. The van der Waals surface area contributed by atoms with Crippen LogP contribution in [0.15, 0.2) is 12.1 Å². The summed E-state index contributed by atoms with van der Waals surface area (Å²) >= 11 is 5.87. The normalized spacial score (nSPS) is 14.4. The summed E-state index contributed by atoms with van der Waals surface area (Å²) in [5.74, 6) is -1.42. The maximum atomic E-state index is 14.1. The third-order valence-corrected chi connectivity index (χ3v) is 3.49. The lowest BCUT2D eigenvalue weighted by Gasteiger charge is -2.30. The molecule has 0 radical (unpaired) electrons. The first-order valence-electron chi connectivity index (χ1n) is 6.81. The van der Waals surface area contributed by atoms with Crippen LogP contribution in [0.2, 0.25) is 5.02 Å². The molecule has 1 rings (SSSR count). The zero-order valence-corrected chi connectivity index (χ0v) is 13.9. The van der Waals surface area contributed by atoms with Gasteiger partial charge in [0, 0.05) is 24.1 Å². The molecule has 0 aliphatic rings. The highest BCUT2D eigenvalue weighted by molar-refractivity contribution is 6.31. The number of carbonyl (C=O) groups excluding carboxylic acids is 1. The molecule has 0 saturated carbocycles. The van der Waals surface area contributed by atoms with Gasteiger partial charge in [-0.1, -0.05) is 18.5 Å². The predicted molar refractivity (Wildman–Crippen MR) is 82.0 cm³/mol. The molecule has 0 aliphatic carbocycles. The fourth-order valence-corrected chi connectivity index (χ4v) is 2.31. The van der Waals surface area contributed by atoms with Crippen LogP contribution in [0.4, 0.5) is 13.6 Å². The van der Waals surface area contributed by atoms with E-state index in [4.69, 9.17) is 22.1 Å². The van der Waals surface area contributed by atoms with Crippen molar-refractivity contribution in [2.45, 2.75) is 38.7 Å². The number of hydrogen-bond acceptors (Lipinski definition) is 3. The maximum Gasteiger partial charge on any atom is 0.407 e. The van der Waals surface area contributed by atoms with Gasteiger partial charge in [0.2, 0.25) is 0 Å². The minimum atomic E-state index is -1.07. The smallest absolute Gasteiger partial charge is 0.407 e. The number of nitrogens with one attached hydrogen (secondary N) is 1. The van der Waals surface area contributed by atoms with Crippen LogP contribution in [-0.4, -0.2) is 24.8 Å². The quantitative estimate of drug-likeness (QED) is 0.830. The van der Waals surface area contributed by atoms with Gasteiger partial charge in [0.15, 0.2) is 0 Å². The highest BCUT2D eigenvalue weighted by Crippen LogP contribution is 2.33. The van der Waals surface area contributed by atoms with E-state index in [0.717, 1.165) is 12.1 Å². The molecule has 0 fully saturated rings. The zero-order valence-electron chi connectivity index (χ0n) is 13.1. The number of benzene rings is 1. The Morgan fingerprint density at radius 1 is 1.27 bits per heavy atom. The molecule has 0 aromatic heterocycles. The first-order chi connectivity index (χ1) is 10.00. The highest BCUT2D eigenvalue weighted by atomic mass is 35.5. The maximum absolute atomic E-state index is 14.1. The van der Waals surface area contributed by atoms with Crippen molar-refractivity contribution in [1.29, 1.82) is 0 Å². The molecule has 1 aromatic carbocycles. The van der Waals surface area contributed by atoms with Gasteiger partial charge in [0.05, 0.1) is 5.02 Å². The monoisotopic (exact) mass is 334 g/mol. The van der Waals surface area contributed by atoms with Crippen molar-refractivity contribution < 1.29 is 18.3 Å². The van der Waals surface area contributed by atoms with Gasteiger partial charge in [-0.2, -0.15) is 0 Å². The van der Waals surface area contributed by atoms with E-state index in [2.05, 4.69) is 5.32 Å². The van der Waals surface area contributed by atoms with Gasteiger partial charge < -0.3 is 15.8 Å². The Hall–Kier alpha value is -1.40. The molecular weight excluding hydrogens is 314 g/mol. The SMILES string of the molecule is CC(C)(C)OC(=O)NCC(C)(CN)c1c(F)ccc(F)c1Cl. The predicted octanol–water partition coefficient (Wildman–Crippen LogP) is 3.36. The van der Waals surface area contributed by atoms with E-state index in [1.807, 2.05) is 0 Å². The van der Waals surface area contributed by atoms with Crippen molar-refractivity contribution in [2.24, 2.45) is 5.73 Å². The van der Waals surface area contributed by atoms with Crippen LogP contribution < -0.4 is 11.1 Å². The molecule has 4 nitrogen and oxygen atoms in total. The van der Waals surface area contributed by atoms with Gasteiger partial charge in [-0.05, 0) is 32.9 Å². The molecule has 0 aliphatic heterocycles. The minimum absolute atomic E-state index is 0.0388. The average molecular weight is 335 g/mol. The van der Waals surface area contributed by atoms with Crippen LogP contribution >= 0.6 is 11.6 Å². The summed E-state index contributed by atoms with van der Waals surface area (Å²) in [6.45, 7) is 6.67. The summed E-state index contributed by atoms with van der Waals surface area (Å²) in [5.41, 5.74) is 3.91. The summed E-state index contributed by atoms with van der Waals surface area (Å²) < 4.78 is 32.8. The van der Waals surface area contributed by atoms with Gasteiger partial charge in [-0.25, -0.2) is 13.6 Å². The van der Waals surface area contributed by atoms with Crippen molar-refractivity contribution in [3.05, 3.63) is 34.4 Å². The summed E-state index contributed by atoms with van der Waals surface area (Å²) in [4.78, 5) is 11.7.